The molecule has 94 valence electrons. The number of benzene rings is 1. The molecule has 17 heavy (non-hydrogen) atoms. The van der Waals surface area contributed by atoms with Gasteiger partial charge in [0.25, 0.3) is 0 Å². The van der Waals surface area contributed by atoms with Crippen LogP contribution in [0.2, 0.25) is 0 Å². The van der Waals surface area contributed by atoms with Crippen LogP contribution in [0.15, 0.2) is 30.3 Å². The van der Waals surface area contributed by atoms with Gasteiger partial charge in [0.1, 0.15) is 0 Å². The Bertz CT molecular complexity index is 385. The zero-order valence-electron chi connectivity index (χ0n) is 11.1. The fourth-order valence-electron chi connectivity index (χ4n) is 2.74. The third-order valence-electron chi connectivity index (χ3n) is 4.40. The summed E-state index contributed by atoms with van der Waals surface area (Å²) >= 11 is 0. The van der Waals surface area contributed by atoms with Crippen molar-refractivity contribution in [1.29, 1.82) is 0 Å². The van der Waals surface area contributed by atoms with Crippen molar-refractivity contribution in [2.24, 2.45) is 5.41 Å². The van der Waals surface area contributed by atoms with Crippen LogP contribution < -0.4 is 0 Å². The number of ether oxygens (including phenoxy) is 1. The first-order valence-corrected chi connectivity index (χ1v) is 6.35. The minimum Gasteiger partial charge on any atom is -0.390 e. The summed E-state index contributed by atoms with van der Waals surface area (Å²) in [5.41, 5.74) is 0.836. The Balaban J connectivity index is 2.26. The highest BCUT2D eigenvalue weighted by molar-refractivity contribution is 5.28. The first-order chi connectivity index (χ1) is 7.93. The minimum absolute atomic E-state index is 0.0518. The largest absolute Gasteiger partial charge is 0.390 e. The lowest BCUT2D eigenvalue weighted by atomic mass is 9.61. The van der Waals surface area contributed by atoms with E-state index in [1.807, 2.05) is 25.1 Å². The van der Waals surface area contributed by atoms with Gasteiger partial charge in [-0.2, -0.15) is 0 Å². The number of aliphatic hydroxyl groups excluding tert-OH is 1. The Morgan fingerprint density at radius 2 is 1.82 bits per heavy atom. The summed E-state index contributed by atoms with van der Waals surface area (Å²) in [7, 11) is 0. The molecule has 1 N–H and O–H groups in total. The third kappa shape index (κ3) is 1.71. The summed E-state index contributed by atoms with van der Waals surface area (Å²) in [6, 6.07) is 10.3. The van der Waals surface area contributed by atoms with Gasteiger partial charge in [-0.05, 0) is 18.9 Å². The zero-order chi connectivity index (χ0) is 12.7. The minimum atomic E-state index is -0.373. The molecule has 2 rings (SSSR count). The Morgan fingerprint density at radius 3 is 2.29 bits per heavy atom. The molecule has 1 aromatic carbocycles. The third-order valence-corrected chi connectivity index (χ3v) is 4.40. The Hall–Kier alpha value is -0.860. The van der Waals surface area contributed by atoms with Crippen molar-refractivity contribution in [3.63, 3.8) is 0 Å². The lowest BCUT2D eigenvalue weighted by Gasteiger charge is -2.61. The van der Waals surface area contributed by atoms with Crippen LogP contribution in [-0.2, 0) is 10.3 Å². The first kappa shape index (κ1) is 12.6. The Morgan fingerprint density at radius 1 is 1.24 bits per heavy atom. The molecule has 0 unspecified atom stereocenters. The molecule has 0 spiro atoms. The molecule has 2 nitrogen and oxygen atoms in total. The van der Waals surface area contributed by atoms with E-state index in [2.05, 4.69) is 32.9 Å². The van der Waals surface area contributed by atoms with E-state index in [0.29, 0.717) is 0 Å². The summed E-state index contributed by atoms with van der Waals surface area (Å²) in [6.07, 6.45) is 0.290. The number of rotatable bonds is 3. The van der Waals surface area contributed by atoms with Crippen molar-refractivity contribution in [3.8, 4) is 0 Å². The molecular weight excluding hydrogens is 212 g/mol. The molecule has 1 saturated heterocycles. The van der Waals surface area contributed by atoms with E-state index in [9.17, 15) is 5.11 Å². The highest BCUT2D eigenvalue weighted by Gasteiger charge is 2.61. The van der Waals surface area contributed by atoms with Gasteiger partial charge in [-0.3, -0.25) is 0 Å². The van der Waals surface area contributed by atoms with Gasteiger partial charge >= 0.3 is 0 Å². The van der Waals surface area contributed by atoms with E-state index < -0.39 is 0 Å². The zero-order valence-corrected chi connectivity index (χ0v) is 11.1. The van der Waals surface area contributed by atoms with Crippen LogP contribution in [0.5, 0.6) is 0 Å². The molecule has 1 aliphatic rings. The molecule has 3 atom stereocenters. The van der Waals surface area contributed by atoms with Gasteiger partial charge in [0.05, 0.1) is 17.8 Å². The maximum absolute atomic E-state index is 9.97. The molecule has 1 aliphatic heterocycles. The van der Waals surface area contributed by atoms with Crippen LogP contribution >= 0.6 is 0 Å². The maximum atomic E-state index is 9.97. The van der Waals surface area contributed by atoms with Crippen molar-refractivity contribution < 1.29 is 9.84 Å². The fourth-order valence-corrected chi connectivity index (χ4v) is 2.74. The number of hydrogen-bond acceptors (Lipinski definition) is 2. The standard InChI is InChI=1S/C15H22O2/c1-5-12(16)13-14(2,3)15(4,17-13)11-9-7-6-8-10-11/h6-10,12-13,16H,5H2,1-4H3/t12-,13+,15-/m1/s1. The second kappa shape index (κ2) is 4.11. The van der Waals surface area contributed by atoms with E-state index in [-0.39, 0.29) is 23.2 Å². The van der Waals surface area contributed by atoms with Gasteiger partial charge in [-0.1, -0.05) is 51.1 Å². The Kier molecular flexibility index (Phi) is 3.04. The van der Waals surface area contributed by atoms with E-state index >= 15 is 0 Å². The molecule has 0 bridgehead atoms. The van der Waals surface area contributed by atoms with E-state index in [1.165, 1.54) is 5.56 Å². The molecular formula is C15H22O2. The van der Waals surface area contributed by atoms with Gasteiger partial charge in [0.2, 0.25) is 0 Å². The molecule has 0 amide bonds. The predicted molar refractivity (Wildman–Crippen MR) is 68.7 cm³/mol. The summed E-state index contributed by atoms with van der Waals surface area (Å²) < 4.78 is 6.03. The van der Waals surface area contributed by atoms with Crippen molar-refractivity contribution in [3.05, 3.63) is 35.9 Å². The highest BCUT2D eigenvalue weighted by Crippen LogP contribution is 2.57. The average molecular weight is 234 g/mol. The maximum Gasteiger partial charge on any atom is 0.0985 e. The molecule has 1 heterocycles. The lowest BCUT2D eigenvalue weighted by molar-refractivity contribution is -0.331. The van der Waals surface area contributed by atoms with Crippen molar-refractivity contribution >= 4 is 0 Å². The lowest BCUT2D eigenvalue weighted by Crippen LogP contribution is -2.66. The smallest absolute Gasteiger partial charge is 0.0985 e. The van der Waals surface area contributed by atoms with Crippen molar-refractivity contribution in [1.82, 2.24) is 0 Å². The van der Waals surface area contributed by atoms with Crippen molar-refractivity contribution in [2.45, 2.75) is 51.9 Å². The molecule has 1 fully saturated rings. The predicted octanol–water partition coefficient (Wildman–Crippen LogP) is 3.10. The van der Waals surface area contributed by atoms with E-state index in [4.69, 9.17) is 4.74 Å². The van der Waals surface area contributed by atoms with E-state index in [1.54, 1.807) is 0 Å². The summed E-state index contributed by atoms with van der Waals surface area (Å²) in [4.78, 5) is 0. The normalized spacial score (nSPS) is 32.9. The average Bonchev–Trinajstić information content (AvgIpc) is 2.35. The van der Waals surface area contributed by atoms with Gasteiger partial charge in [-0.25, -0.2) is 0 Å². The molecule has 0 saturated carbocycles. The van der Waals surface area contributed by atoms with Crippen LogP contribution in [0.3, 0.4) is 0 Å². The fraction of sp³-hybridized carbons (Fsp3) is 0.600. The second-order valence-electron chi connectivity index (χ2n) is 5.64. The molecule has 1 aromatic rings. The monoisotopic (exact) mass is 234 g/mol. The topological polar surface area (TPSA) is 29.5 Å². The quantitative estimate of drug-likeness (QED) is 0.870. The van der Waals surface area contributed by atoms with Gasteiger partial charge in [-0.15, -0.1) is 0 Å². The molecule has 0 aromatic heterocycles. The molecule has 2 heteroatoms. The van der Waals surface area contributed by atoms with Crippen LogP contribution in [-0.4, -0.2) is 17.3 Å². The SMILES string of the molecule is CC[C@@H](O)[C@@H]1O[C@](C)(c2ccccc2)C1(C)C. The summed E-state index contributed by atoms with van der Waals surface area (Å²) in [5.74, 6) is 0. The molecule has 0 aliphatic carbocycles. The van der Waals surface area contributed by atoms with Crippen LogP contribution in [0.4, 0.5) is 0 Å². The summed E-state index contributed by atoms with van der Waals surface area (Å²) in [6.45, 7) is 8.45. The van der Waals surface area contributed by atoms with Crippen LogP contribution in [0.25, 0.3) is 0 Å². The van der Waals surface area contributed by atoms with Crippen molar-refractivity contribution in [2.75, 3.05) is 0 Å². The number of aliphatic hydroxyl groups is 1. The second-order valence-corrected chi connectivity index (χ2v) is 5.64. The van der Waals surface area contributed by atoms with Gasteiger partial charge in [0.15, 0.2) is 0 Å². The summed E-state index contributed by atoms with van der Waals surface area (Å²) in [5, 5.41) is 9.97. The van der Waals surface area contributed by atoms with Gasteiger partial charge in [0, 0.05) is 5.41 Å². The first-order valence-electron chi connectivity index (χ1n) is 6.35. The Labute approximate surface area is 104 Å². The van der Waals surface area contributed by atoms with Crippen LogP contribution in [0.1, 0.15) is 39.7 Å². The molecule has 0 radical (unpaired) electrons. The van der Waals surface area contributed by atoms with Crippen LogP contribution in [0, 0.1) is 5.41 Å². The van der Waals surface area contributed by atoms with E-state index in [0.717, 1.165) is 6.42 Å². The highest BCUT2D eigenvalue weighted by atomic mass is 16.6. The number of hydrogen-bond donors (Lipinski definition) is 1. The van der Waals surface area contributed by atoms with Gasteiger partial charge < -0.3 is 9.84 Å².